The van der Waals surface area contributed by atoms with E-state index in [0.29, 0.717) is 42.5 Å². The van der Waals surface area contributed by atoms with E-state index in [1.807, 2.05) is 36.1 Å². The molecule has 9 heteroatoms. The lowest BCUT2D eigenvalue weighted by molar-refractivity contribution is -0.132. The SMILES string of the molecule is C[C@H](CC(=O)N1CCN(c2ccc(Cl)cc2)CC1)CC1=NS(=O)(=O)c2ccccc2N1. The van der Waals surface area contributed by atoms with Gasteiger partial charge in [-0.2, -0.15) is 8.42 Å². The number of fused-ring (bicyclic) bond motifs is 1. The Labute approximate surface area is 187 Å². The van der Waals surface area contributed by atoms with Crippen molar-refractivity contribution in [2.45, 2.75) is 24.7 Å². The van der Waals surface area contributed by atoms with E-state index in [9.17, 15) is 13.2 Å². The predicted octanol–water partition coefficient (Wildman–Crippen LogP) is 3.62. The Balaban J connectivity index is 1.30. The van der Waals surface area contributed by atoms with Crippen LogP contribution in [0, 0.1) is 5.92 Å². The lowest BCUT2D eigenvalue weighted by Crippen LogP contribution is -2.49. The molecule has 2 heterocycles. The first-order valence-corrected chi connectivity index (χ1v) is 12.1. The second kappa shape index (κ2) is 8.88. The summed E-state index contributed by atoms with van der Waals surface area (Å²) in [6, 6.07) is 14.4. The first kappa shape index (κ1) is 21.6. The molecule has 1 fully saturated rings. The highest BCUT2D eigenvalue weighted by Crippen LogP contribution is 2.28. The normalized spacial score (nSPS) is 18.6. The molecule has 0 saturated carbocycles. The van der Waals surface area contributed by atoms with E-state index in [2.05, 4.69) is 14.6 Å². The van der Waals surface area contributed by atoms with Crippen LogP contribution in [-0.2, 0) is 14.8 Å². The number of benzene rings is 2. The first-order valence-electron chi connectivity index (χ1n) is 10.3. The summed E-state index contributed by atoms with van der Waals surface area (Å²) in [6.45, 7) is 4.81. The summed E-state index contributed by atoms with van der Waals surface area (Å²) in [4.78, 5) is 17.1. The molecular formula is C22H25ClN4O3S. The molecule has 2 aliphatic rings. The molecule has 2 aromatic carbocycles. The zero-order valence-electron chi connectivity index (χ0n) is 17.3. The molecule has 0 spiro atoms. The van der Waals surface area contributed by atoms with Gasteiger partial charge < -0.3 is 15.1 Å². The Morgan fingerprint density at radius 2 is 1.77 bits per heavy atom. The van der Waals surface area contributed by atoms with E-state index in [4.69, 9.17) is 11.6 Å². The van der Waals surface area contributed by atoms with Crippen LogP contribution in [0.4, 0.5) is 11.4 Å². The van der Waals surface area contributed by atoms with Gasteiger partial charge in [-0.15, -0.1) is 4.40 Å². The van der Waals surface area contributed by atoms with Crippen LogP contribution in [0.2, 0.25) is 5.02 Å². The van der Waals surface area contributed by atoms with Gasteiger partial charge in [0, 0.05) is 49.7 Å². The van der Waals surface area contributed by atoms with Gasteiger partial charge in [-0.05, 0) is 42.3 Å². The van der Waals surface area contributed by atoms with Gasteiger partial charge in [-0.3, -0.25) is 4.79 Å². The van der Waals surface area contributed by atoms with E-state index >= 15 is 0 Å². The first-order chi connectivity index (χ1) is 14.8. The molecule has 4 rings (SSSR count). The van der Waals surface area contributed by atoms with Crippen LogP contribution >= 0.6 is 11.6 Å². The summed E-state index contributed by atoms with van der Waals surface area (Å²) in [5.41, 5.74) is 1.64. The number of hydrogen-bond acceptors (Lipinski definition) is 5. The van der Waals surface area contributed by atoms with Crippen molar-refractivity contribution in [1.82, 2.24) is 4.90 Å². The average Bonchev–Trinajstić information content (AvgIpc) is 2.74. The van der Waals surface area contributed by atoms with Crippen LogP contribution in [0.15, 0.2) is 57.8 Å². The van der Waals surface area contributed by atoms with Crippen LogP contribution < -0.4 is 10.2 Å². The van der Waals surface area contributed by atoms with E-state index in [0.717, 1.165) is 18.8 Å². The molecule has 1 N–H and O–H groups in total. The van der Waals surface area contributed by atoms with Gasteiger partial charge >= 0.3 is 0 Å². The number of carbonyl (C=O) groups is 1. The third-order valence-electron chi connectivity index (χ3n) is 5.56. The summed E-state index contributed by atoms with van der Waals surface area (Å²) >= 11 is 5.96. The fourth-order valence-corrected chi connectivity index (χ4v) is 5.23. The molecule has 0 aromatic heterocycles. The second-order valence-corrected chi connectivity index (χ2v) is 10.0. The number of carbonyl (C=O) groups excluding carboxylic acids is 1. The Morgan fingerprint density at radius 3 is 2.48 bits per heavy atom. The lowest BCUT2D eigenvalue weighted by Gasteiger charge is -2.36. The fourth-order valence-electron chi connectivity index (χ4n) is 3.95. The highest BCUT2D eigenvalue weighted by molar-refractivity contribution is 7.90. The van der Waals surface area contributed by atoms with Crippen molar-refractivity contribution < 1.29 is 13.2 Å². The number of nitrogens with zero attached hydrogens (tertiary/aromatic N) is 3. The van der Waals surface area contributed by atoms with Gasteiger partial charge in [-0.25, -0.2) is 0 Å². The number of hydrogen-bond donors (Lipinski definition) is 1. The standard InChI is InChI=1S/C22H25ClN4O3S/c1-16(14-21-24-19-4-2-3-5-20(19)31(29,30)25-21)15-22(28)27-12-10-26(11-13-27)18-8-6-17(23)7-9-18/h2-9,16H,10-15H2,1H3,(H,24,25)/t16-/m0/s1. The molecule has 1 saturated heterocycles. The maximum Gasteiger partial charge on any atom is 0.286 e. The Kier molecular flexibility index (Phi) is 6.20. The molecule has 31 heavy (non-hydrogen) atoms. The average molecular weight is 461 g/mol. The van der Waals surface area contributed by atoms with Crippen LogP contribution in [0.25, 0.3) is 0 Å². The molecule has 2 aromatic rings. The van der Waals surface area contributed by atoms with Gasteiger partial charge in [-0.1, -0.05) is 30.7 Å². The van der Waals surface area contributed by atoms with Gasteiger partial charge in [0.25, 0.3) is 10.0 Å². The molecule has 2 aliphatic heterocycles. The summed E-state index contributed by atoms with van der Waals surface area (Å²) in [6.07, 6.45) is 0.743. The third-order valence-corrected chi connectivity index (χ3v) is 7.19. The van der Waals surface area contributed by atoms with E-state index in [1.165, 1.54) is 6.07 Å². The van der Waals surface area contributed by atoms with Crippen LogP contribution in [0.3, 0.4) is 0 Å². The molecule has 0 unspecified atom stereocenters. The van der Waals surface area contributed by atoms with Crippen LogP contribution in [0.5, 0.6) is 0 Å². The molecular weight excluding hydrogens is 436 g/mol. The maximum absolute atomic E-state index is 12.8. The molecule has 164 valence electrons. The van der Waals surface area contributed by atoms with Crippen molar-refractivity contribution in [3.05, 3.63) is 53.6 Å². The van der Waals surface area contributed by atoms with Gasteiger partial charge in [0.2, 0.25) is 5.91 Å². The van der Waals surface area contributed by atoms with Gasteiger partial charge in [0.15, 0.2) is 0 Å². The van der Waals surface area contributed by atoms with Crippen molar-refractivity contribution >= 4 is 44.7 Å². The number of para-hydroxylation sites is 1. The molecule has 1 amide bonds. The predicted molar refractivity (Wildman–Crippen MR) is 123 cm³/mol. The third kappa shape index (κ3) is 5.02. The topological polar surface area (TPSA) is 82.1 Å². The number of amides is 1. The largest absolute Gasteiger partial charge is 0.368 e. The Hall–Kier alpha value is -2.58. The number of anilines is 2. The minimum Gasteiger partial charge on any atom is -0.368 e. The zero-order chi connectivity index (χ0) is 22.0. The fraction of sp³-hybridized carbons (Fsp3) is 0.364. The van der Waals surface area contributed by atoms with Gasteiger partial charge in [0.1, 0.15) is 10.7 Å². The van der Waals surface area contributed by atoms with Crippen molar-refractivity contribution in [2.75, 3.05) is 36.4 Å². The number of amidine groups is 1. The lowest BCUT2D eigenvalue weighted by atomic mass is 10.0. The highest BCUT2D eigenvalue weighted by atomic mass is 35.5. The minimum atomic E-state index is -3.70. The zero-order valence-corrected chi connectivity index (χ0v) is 18.9. The van der Waals surface area contributed by atoms with Crippen molar-refractivity contribution in [2.24, 2.45) is 10.3 Å². The summed E-state index contributed by atoms with van der Waals surface area (Å²) in [5, 5.41) is 3.80. The molecule has 7 nitrogen and oxygen atoms in total. The van der Waals surface area contributed by atoms with Crippen molar-refractivity contribution in [3.8, 4) is 0 Å². The number of piperazine rings is 1. The summed E-state index contributed by atoms with van der Waals surface area (Å²) in [7, 11) is -3.70. The number of nitrogens with one attached hydrogen (secondary N) is 1. The molecule has 0 bridgehead atoms. The Bertz CT molecular complexity index is 1090. The van der Waals surface area contributed by atoms with Gasteiger partial charge in [0.05, 0.1) is 5.69 Å². The number of rotatable bonds is 5. The molecule has 0 radical (unpaired) electrons. The van der Waals surface area contributed by atoms with Crippen molar-refractivity contribution in [3.63, 3.8) is 0 Å². The van der Waals surface area contributed by atoms with Crippen molar-refractivity contribution in [1.29, 1.82) is 0 Å². The number of sulfonamides is 1. The smallest absolute Gasteiger partial charge is 0.286 e. The number of halogens is 1. The van der Waals surface area contributed by atoms with E-state index < -0.39 is 10.0 Å². The Morgan fingerprint density at radius 1 is 1.10 bits per heavy atom. The molecule has 1 atom stereocenters. The minimum absolute atomic E-state index is 0.0338. The van der Waals surface area contributed by atoms with Crippen LogP contribution in [-0.4, -0.2) is 51.2 Å². The summed E-state index contributed by atoms with van der Waals surface area (Å²) < 4.78 is 28.7. The summed E-state index contributed by atoms with van der Waals surface area (Å²) in [5.74, 6) is 0.433. The monoisotopic (exact) mass is 460 g/mol. The quantitative estimate of drug-likeness (QED) is 0.736. The highest BCUT2D eigenvalue weighted by Gasteiger charge is 2.27. The van der Waals surface area contributed by atoms with E-state index in [-0.39, 0.29) is 16.7 Å². The maximum atomic E-state index is 12.8. The molecule has 0 aliphatic carbocycles. The second-order valence-electron chi connectivity index (χ2n) is 7.99. The van der Waals surface area contributed by atoms with Crippen LogP contribution in [0.1, 0.15) is 19.8 Å². The van der Waals surface area contributed by atoms with E-state index in [1.54, 1.807) is 18.2 Å².